The number of imidazole rings is 1. The highest BCUT2D eigenvalue weighted by Crippen LogP contribution is 2.40. The number of nitrogens with zero attached hydrogens (tertiary/aromatic N) is 2. The molecule has 0 spiro atoms. The predicted octanol–water partition coefficient (Wildman–Crippen LogP) is 2.21. The van der Waals surface area contributed by atoms with Crippen LogP contribution >= 0.6 is 0 Å². The molecule has 2 heterocycles. The van der Waals surface area contributed by atoms with Gasteiger partial charge in [0.15, 0.2) is 0 Å². The summed E-state index contributed by atoms with van der Waals surface area (Å²) in [6.45, 7) is 5.55. The Morgan fingerprint density at radius 3 is 3.06 bits per heavy atom. The number of nitrogens with one attached hydrogen (secondary N) is 1. The molecule has 2 aliphatic rings. The zero-order valence-electron chi connectivity index (χ0n) is 10.1. The fourth-order valence-corrected chi connectivity index (χ4v) is 2.61. The van der Waals surface area contributed by atoms with Gasteiger partial charge in [0.1, 0.15) is 5.82 Å². The van der Waals surface area contributed by atoms with Crippen LogP contribution in [0.5, 0.6) is 0 Å². The Bertz CT molecular complexity index is 377. The second-order valence-electron chi connectivity index (χ2n) is 5.07. The van der Waals surface area contributed by atoms with Crippen LogP contribution in [0.15, 0.2) is 0 Å². The van der Waals surface area contributed by atoms with Crippen molar-refractivity contribution in [1.82, 2.24) is 14.9 Å². The summed E-state index contributed by atoms with van der Waals surface area (Å²) in [6, 6.07) is 0. The summed E-state index contributed by atoms with van der Waals surface area (Å²) in [7, 11) is 0. The molecule has 3 nitrogen and oxygen atoms in total. The van der Waals surface area contributed by atoms with Crippen LogP contribution in [-0.4, -0.2) is 16.1 Å². The number of aromatic nitrogens is 2. The van der Waals surface area contributed by atoms with E-state index in [0.29, 0.717) is 0 Å². The lowest BCUT2D eigenvalue weighted by Gasteiger charge is -2.15. The van der Waals surface area contributed by atoms with Gasteiger partial charge in [-0.25, -0.2) is 4.98 Å². The molecule has 0 bridgehead atoms. The van der Waals surface area contributed by atoms with Crippen molar-refractivity contribution < 1.29 is 0 Å². The Kier molecular flexibility index (Phi) is 2.72. The number of hydrogen-bond acceptors (Lipinski definition) is 2. The van der Waals surface area contributed by atoms with Crippen LogP contribution < -0.4 is 5.32 Å². The van der Waals surface area contributed by atoms with Crippen molar-refractivity contribution in [2.45, 2.75) is 58.0 Å². The zero-order chi connectivity index (χ0) is 11.0. The Morgan fingerprint density at radius 2 is 2.31 bits per heavy atom. The van der Waals surface area contributed by atoms with Gasteiger partial charge >= 0.3 is 0 Å². The number of fused-ring (bicyclic) bond motifs is 1. The van der Waals surface area contributed by atoms with Crippen molar-refractivity contribution in [2.24, 2.45) is 0 Å². The summed E-state index contributed by atoms with van der Waals surface area (Å²) in [5.74, 6) is 2.17. The van der Waals surface area contributed by atoms with Crippen LogP contribution in [0.2, 0.25) is 0 Å². The van der Waals surface area contributed by atoms with Gasteiger partial charge in [-0.1, -0.05) is 13.3 Å². The maximum absolute atomic E-state index is 4.87. The summed E-state index contributed by atoms with van der Waals surface area (Å²) >= 11 is 0. The third kappa shape index (κ3) is 1.77. The van der Waals surface area contributed by atoms with E-state index in [-0.39, 0.29) is 0 Å². The fraction of sp³-hybridized carbons (Fsp3) is 0.769. The van der Waals surface area contributed by atoms with Gasteiger partial charge in [0.2, 0.25) is 0 Å². The first kappa shape index (κ1) is 10.3. The molecule has 1 aliphatic carbocycles. The number of unbranched alkanes of at least 4 members (excludes halogenated alkanes) is 1. The van der Waals surface area contributed by atoms with Gasteiger partial charge in [-0.05, 0) is 19.3 Å². The molecule has 1 aromatic rings. The largest absolute Gasteiger partial charge is 0.331 e. The molecule has 0 saturated heterocycles. The van der Waals surface area contributed by atoms with Crippen LogP contribution in [-0.2, 0) is 19.5 Å². The molecule has 0 radical (unpaired) electrons. The van der Waals surface area contributed by atoms with E-state index in [1.807, 2.05) is 0 Å². The Labute approximate surface area is 97.3 Å². The van der Waals surface area contributed by atoms with Crippen LogP contribution in [0.1, 0.15) is 55.7 Å². The molecule has 1 N–H and O–H groups in total. The molecule has 16 heavy (non-hydrogen) atoms. The molecule has 1 aliphatic heterocycles. The molecule has 0 atom stereocenters. The third-order valence-electron chi connectivity index (χ3n) is 3.69. The normalized spacial score (nSPS) is 19.8. The van der Waals surface area contributed by atoms with Gasteiger partial charge in [0, 0.05) is 37.7 Å². The van der Waals surface area contributed by atoms with Gasteiger partial charge in [-0.2, -0.15) is 0 Å². The minimum absolute atomic E-state index is 0.780. The van der Waals surface area contributed by atoms with Crippen molar-refractivity contribution in [3.63, 3.8) is 0 Å². The summed E-state index contributed by atoms with van der Waals surface area (Å²) in [4.78, 5) is 4.87. The molecule has 1 saturated carbocycles. The van der Waals surface area contributed by atoms with Gasteiger partial charge < -0.3 is 9.88 Å². The van der Waals surface area contributed by atoms with E-state index >= 15 is 0 Å². The third-order valence-corrected chi connectivity index (χ3v) is 3.69. The van der Waals surface area contributed by atoms with Crippen LogP contribution in [0.4, 0.5) is 0 Å². The van der Waals surface area contributed by atoms with E-state index in [1.54, 1.807) is 0 Å². The highest BCUT2D eigenvalue weighted by atomic mass is 15.1. The molecule has 88 valence electrons. The SMILES string of the molecule is CCCCn1c(C2CC2)nc2c1CCNC2. The van der Waals surface area contributed by atoms with Crippen molar-refractivity contribution in [3.05, 3.63) is 17.2 Å². The smallest absolute Gasteiger partial charge is 0.112 e. The molecule has 3 heteroatoms. The summed E-state index contributed by atoms with van der Waals surface area (Å²) < 4.78 is 2.54. The quantitative estimate of drug-likeness (QED) is 0.841. The Morgan fingerprint density at radius 1 is 1.44 bits per heavy atom. The average Bonchev–Trinajstić information content (AvgIpc) is 3.09. The summed E-state index contributed by atoms with van der Waals surface area (Å²) in [5.41, 5.74) is 2.85. The Balaban J connectivity index is 1.93. The average molecular weight is 219 g/mol. The number of rotatable bonds is 4. The minimum atomic E-state index is 0.780. The van der Waals surface area contributed by atoms with Crippen molar-refractivity contribution >= 4 is 0 Å². The molecule has 1 fully saturated rings. The molecular formula is C13H21N3. The second kappa shape index (κ2) is 4.21. The van der Waals surface area contributed by atoms with Gasteiger partial charge in [0.05, 0.1) is 5.69 Å². The van der Waals surface area contributed by atoms with Crippen LogP contribution in [0.25, 0.3) is 0 Å². The molecular weight excluding hydrogens is 198 g/mol. The molecule has 0 aromatic carbocycles. The lowest BCUT2D eigenvalue weighted by Crippen LogP contribution is -2.25. The van der Waals surface area contributed by atoms with Gasteiger partial charge in [-0.3, -0.25) is 0 Å². The van der Waals surface area contributed by atoms with E-state index < -0.39 is 0 Å². The molecule has 0 amide bonds. The summed E-state index contributed by atoms with van der Waals surface area (Å²) in [5, 5.41) is 3.42. The molecule has 1 aromatic heterocycles. The van der Waals surface area contributed by atoms with E-state index in [2.05, 4.69) is 16.8 Å². The maximum atomic E-state index is 4.87. The highest BCUT2D eigenvalue weighted by molar-refractivity contribution is 5.24. The van der Waals surface area contributed by atoms with Crippen molar-refractivity contribution in [1.29, 1.82) is 0 Å². The number of hydrogen-bond donors (Lipinski definition) is 1. The maximum Gasteiger partial charge on any atom is 0.112 e. The van der Waals surface area contributed by atoms with E-state index in [9.17, 15) is 0 Å². The highest BCUT2D eigenvalue weighted by Gasteiger charge is 2.31. The first-order chi connectivity index (χ1) is 7.90. The van der Waals surface area contributed by atoms with Gasteiger partial charge in [-0.15, -0.1) is 0 Å². The second-order valence-corrected chi connectivity index (χ2v) is 5.07. The van der Waals surface area contributed by atoms with Crippen molar-refractivity contribution in [3.8, 4) is 0 Å². The van der Waals surface area contributed by atoms with E-state index in [0.717, 1.165) is 19.0 Å². The van der Waals surface area contributed by atoms with Crippen LogP contribution in [0.3, 0.4) is 0 Å². The first-order valence-electron chi connectivity index (χ1n) is 6.69. The monoisotopic (exact) mass is 219 g/mol. The van der Waals surface area contributed by atoms with Gasteiger partial charge in [0.25, 0.3) is 0 Å². The van der Waals surface area contributed by atoms with E-state index in [1.165, 1.54) is 55.9 Å². The lowest BCUT2D eigenvalue weighted by atomic mass is 10.2. The summed E-state index contributed by atoms with van der Waals surface area (Å²) in [6.07, 6.45) is 6.44. The minimum Gasteiger partial charge on any atom is -0.331 e. The predicted molar refractivity (Wildman–Crippen MR) is 64.5 cm³/mol. The lowest BCUT2D eigenvalue weighted by molar-refractivity contribution is 0.555. The topological polar surface area (TPSA) is 29.9 Å². The van der Waals surface area contributed by atoms with E-state index in [4.69, 9.17) is 4.98 Å². The standard InChI is InChI=1S/C13H21N3/c1-2-3-8-16-12-6-7-14-9-11(12)15-13(16)10-4-5-10/h10,14H,2-9H2,1H3. The fourth-order valence-electron chi connectivity index (χ4n) is 2.61. The van der Waals surface area contributed by atoms with Crippen LogP contribution in [0, 0.1) is 0 Å². The van der Waals surface area contributed by atoms with Crippen molar-refractivity contribution in [2.75, 3.05) is 6.54 Å². The molecule has 0 unspecified atom stereocenters. The zero-order valence-corrected chi connectivity index (χ0v) is 10.1. The Hall–Kier alpha value is -0.830. The molecule has 3 rings (SSSR count). The first-order valence-corrected chi connectivity index (χ1v) is 6.69.